The highest BCUT2D eigenvalue weighted by atomic mass is 16.6. The number of carbonyl (C=O) groups excluding carboxylic acids is 3. The topological polar surface area (TPSA) is 107 Å². The highest BCUT2D eigenvalue weighted by Crippen LogP contribution is 2.30. The van der Waals surface area contributed by atoms with Crippen LogP contribution in [0.1, 0.15) is 48.0 Å². The normalized spacial score (nSPS) is 18.6. The average molecular weight is 512 g/mol. The molecule has 1 N–H and O–H groups in total. The van der Waals surface area contributed by atoms with Crippen LogP contribution < -0.4 is 10.1 Å². The van der Waals surface area contributed by atoms with Gasteiger partial charge in [0, 0.05) is 18.2 Å². The van der Waals surface area contributed by atoms with Crippen molar-refractivity contribution < 1.29 is 28.6 Å². The van der Waals surface area contributed by atoms with Gasteiger partial charge in [-0.2, -0.15) is 0 Å². The van der Waals surface area contributed by atoms with Crippen LogP contribution in [0.15, 0.2) is 48.8 Å². The van der Waals surface area contributed by atoms with Gasteiger partial charge in [0.25, 0.3) is 0 Å². The van der Waals surface area contributed by atoms with E-state index < -0.39 is 47.2 Å². The molecule has 37 heavy (non-hydrogen) atoms. The molecule has 1 aliphatic rings. The number of alkyl carbamates (subject to hydrolysis) is 1. The van der Waals surface area contributed by atoms with Crippen molar-refractivity contribution in [2.75, 3.05) is 13.7 Å². The molecule has 1 fully saturated rings. The van der Waals surface area contributed by atoms with Crippen molar-refractivity contribution in [2.24, 2.45) is 5.41 Å². The third-order valence-electron chi connectivity index (χ3n) is 5.92. The molecule has 200 valence electrons. The first-order chi connectivity index (χ1) is 17.3. The maximum atomic E-state index is 13.7. The van der Waals surface area contributed by atoms with Crippen LogP contribution in [-0.4, -0.2) is 65.3 Å². The van der Waals surface area contributed by atoms with Gasteiger partial charge in [-0.25, -0.2) is 9.59 Å². The molecule has 2 amide bonds. The Bertz CT molecular complexity index is 1110. The Morgan fingerprint density at radius 1 is 1.03 bits per heavy atom. The molecule has 1 saturated heterocycles. The number of hydrogen-bond donors (Lipinski definition) is 1. The first-order valence-corrected chi connectivity index (χ1v) is 12.3. The van der Waals surface area contributed by atoms with Crippen molar-refractivity contribution in [1.82, 2.24) is 15.2 Å². The third kappa shape index (κ3) is 7.44. The fraction of sp³-hybridized carbons (Fsp3) is 0.500. The summed E-state index contributed by atoms with van der Waals surface area (Å²) in [4.78, 5) is 44.6. The number of nitrogens with one attached hydrogen (secondary N) is 1. The molecule has 0 bridgehead atoms. The van der Waals surface area contributed by atoms with Crippen LogP contribution in [0.4, 0.5) is 4.79 Å². The summed E-state index contributed by atoms with van der Waals surface area (Å²) in [6.07, 6.45) is 2.43. The maximum Gasteiger partial charge on any atom is 0.408 e. The van der Waals surface area contributed by atoms with E-state index in [1.54, 1.807) is 33.2 Å². The van der Waals surface area contributed by atoms with E-state index in [0.29, 0.717) is 5.75 Å². The smallest absolute Gasteiger partial charge is 0.408 e. The van der Waals surface area contributed by atoms with E-state index in [1.165, 1.54) is 12.0 Å². The summed E-state index contributed by atoms with van der Waals surface area (Å²) in [5.74, 6) is -0.417. The summed E-state index contributed by atoms with van der Waals surface area (Å²) < 4.78 is 16.5. The zero-order valence-electron chi connectivity index (χ0n) is 22.6. The summed E-state index contributed by atoms with van der Waals surface area (Å²) in [5, 5.41) is 2.70. The molecule has 1 aliphatic heterocycles. The number of esters is 1. The van der Waals surface area contributed by atoms with Crippen LogP contribution in [0.5, 0.6) is 5.75 Å². The van der Waals surface area contributed by atoms with Gasteiger partial charge in [-0.1, -0.05) is 51.1 Å². The molecule has 0 spiro atoms. The predicted molar refractivity (Wildman–Crippen MR) is 139 cm³/mol. The van der Waals surface area contributed by atoms with Crippen LogP contribution in [0.25, 0.3) is 11.1 Å². The molecule has 3 atom stereocenters. The second kappa shape index (κ2) is 11.2. The standard InChI is InChI=1S/C28H37N3O6/c1-27(2,3)23(30-26(34)37-28(4,5)6)24(32)31-17-21(14-22(31)25(33)35-7)36-20-13-19(15-29-16-20)18-11-9-8-10-12-18/h8-13,15-16,21-23H,14,17H2,1-7H3,(H,30,34)/t21-,22+,23-/m1/s1. The van der Waals surface area contributed by atoms with Crippen LogP contribution in [0, 0.1) is 5.41 Å². The second-order valence-electron chi connectivity index (χ2n) is 11.2. The number of methoxy groups -OCH3 is 1. The molecular formula is C28H37N3O6. The van der Waals surface area contributed by atoms with Gasteiger partial charge in [0.1, 0.15) is 29.5 Å². The fourth-order valence-corrected chi connectivity index (χ4v) is 4.19. The average Bonchev–Trinajstić information content (AvgIpc) is 3.24. The number of aromatic nitrogens is 1. The summed E-state index contributed by atoms with van der Waals surface area (Å²) in [6.45, 7) is 10.9. The number of carbonyl (C=O) groups is 3. The van der Waals surface area contributed by atoms with Gasteiger partial charge in [0.05, 0.1) is 19.9 Å². The van der Waals surface area contributed by atoms with Crippen molar-refractivity contribution in [1.29, 1.82) is 0 Å². The Morgan fingerprint density at radius 2 is 1.70 bits per heavy atom. The van der Waals surface area contributed by atoms with Gasteiger partial charge in [-0.15, -0.1) is 0 Å². The number of benzene rings is 1. The van der Waals surface area contributed by atoms with E-state index in [4.69, 9.17) is 14.2 Å². The third-order valence-corrected chi connectivity index (χ3v) is 5.92. The van der Waals surface area contributed by atoms with Crippen molar-refractivity contribution in [3.63, 3.8) is 0 Å². The molecule has 2 aromatic rings. The predicted octanol–water partition coefficient (Wildman–Crippen LogP) is 4.21. The molecule has 9 nitrogen and oxygen atoms in total. The number of likely N-dealkylation sites (tertiary alicyclic amines) is 1. The van der Waals surface area contributed by atoms with Crippen LogP contribution in [0.2, 0.25) is 0 Å². The van der Waals surface area contributed by atoms with E-state index in [1.807, 2.05) is 57.2 Å². The zero-order chi connectivity index (χ0) is 27.4. The molecule has 0 saturated carbocycles. The number of hydrogen-bond acceptors (Lipinski definition) is 7. The number of amides is 2. The number of pyridine rings is 1. The summed E-state index contributed by atoms with van der Waals surface area (Å²) >= 11 is 0. The van der Waals surface area contributed by atoms with Crippen molar-refractivity contribution in [3.05, 3.63) is 48.8 Å². The number of rotatable bonds is 6. The quantitative estimate of drug-likeness (QED) is 0.579. The fourth-order valence-electron chi connectivity index (χ4n) is 4.19. The minimum Gasteiger partial charge on any atom is -0.487 e. The monoisotopic (exact) mass is 511 g/mol. The number of ether oxygens (including phenoxy) is 3. The van der Waals surface area contributed by atoms with E-state index in [9.17, 15) is 14.4 Å². The second-order valence-corrected chi connectivity index (χ2v) is 11.2. The molecule has 1 aromatic carbocycles. The summed E-state index contributed by atoms with van der Waals surface area (Å²) in [6, 6.07) is 9.89. The molecule has 0 radical (unpaired) electrons. The van der Waals surface area contributed by atoms with E-state index in [-0.39, 0.29) is 13.0 Å². The lowest BCUT2D eigenvalue weighted by atomic mass is 9.85. The van der Waals surface area contributed by atoms with Crippen LogP contribution in [-0.2, 0) is 19.1 Å². The lowest BCUT2D eigenvalue weighted by molar-refractivity contribution is -0.152. The largest absolute Gasteiger partial charge is 0.487 e. The Kier molecular flexibility index (Phi) is 8.46. The Balaban J connectivity index is 1.81. The minimum atomic E-state index is -0.934. The first kappa shape index (κ1) is 28.0. The molecule has 3 rings (SSSR count). The molecule has 9 heteroatoms. The van der Waals surface area contributed by atoms with Crippen molar-refractivity contribution in [3.8, 4) is 16.9 Å². The van der Waals surface area contributed by atoms with Crippen LogP contribution >= 0.6 is 0 Å². The van der Waals surface area contributed by atoms with Gasteiger partial charge in [0.15, 0.2) is 0 Å². The van der Waals surface area contributed by atoms with E-state index in [0.717, 1.165) is 11.1 Å². The zero-order valence-corrected chi connectivity index (χ0v) is 22.6. The summed E-state index contributed by atoms with van der Waals surface area (Å²) in [7, 11) is 1.28. The Labute approximate surface area is 218 Å². The minimum absolute atomic E-state index is 0.150. The molecule has 0 aliphatic carbocycles. The SMILES string of the molecule is COC(=O)[C@@H]1C[C@@H](Oc2cncc(-c3ccccc3)c2)CN1C(=O)[C@@H](NC(=O)OC(C)(C)C)C(C)(C)C. The first-order valence-electron chi connectivity index (χ1n) is 12.3. The van der Waals surface area contributed by atoms with E-state index >= 15 is 0 Å². The van der Waals surface area contributed by atoms with Crippen molar-refractivity contribution >= 4 is 18.0 Å². The molecular weight excluding hydrogens is 474 g/mol. The van der Waals surface area contributed by atoms with E-state index in [2.05, 4.69) is 10.3 Å². The van der Waals surface area contributed by atoms with Gasteiger partial charge in [-0.05, 0) is 37.8 Å². The number of nitrogens with zero attached hydrogens (tertiary/aromatic N) is 2. The lowest BCUT2D eigenvalue weighted by Gasteiger charge is -2.35. The molecule has 0 unspecified atom stereocenters. The van der Waals surface area contributed by atoms with Crippen LogP contribution in [0.3, 0.4) is 0 Å². The maximum absolute atomic E-state index is 13.7. The van der Waals surface area contributed by atoms with Crippen molar-refractivity contribution in [2.45, 2.75) is 71.8 Å². The Morgan fingerprint density at radius 3 is 2.30 bits per heavy atom. The highest BCUT2D eigenvalue weighted by Gasteiger charge is 2.46. The van der Waals surface area contributed by atoms with Gasteiger partial charge >= 0.3 is 12.1 Å². The highest BCUT2D eigenvalue weighted by molar-refractivity contribution is 5.91. The van der Waals surface area contributed by atoms with Gasteiger partial charge < -0.3 is 24.4 Å². The van der Waals surface area contributed by atoms with Gasteiger partial charge in [-0.3, -0.25) is 9.78 Å². The lowest BCUT2D eigenvalue weighted by Crippen LogP contribution is -2.57. The Hall–Kier alpha value is -3.62. The van der Waals surface area contributed by atoms with Gasteiger partial charge in [0.2, 0.25) is 5.91 Å². The molecule has 1 aromatic heterocycles. The molecule has 2 heterocycles. The summed E-state index contributed by atoms with van der Waals surface area (Å²) in [5.41, 5.74) is 0.515.